The summed E-state index contributed by atoms with van der Waals surface area (Å²) in [6.07, 6.45) is 0. The van der Waals surface area contributed by atoms with Gasteiger partial charge in [0.1, 0.15) is 5.75 Å². The highest BCUT2D eigenvalue weighted by atomic mass is 79.9. The van der Waals surface area contributed by atoms with Gasteiger partial charge in [0.25, 0.3) is 0 Å². The molecule has 0 heterocycles. The Kier molecular flexibility index (Phi) is 4.92. The number of carbonyl (C=O) groups excluding carboxylic acids is 1. The molecule has 2 aromatic carbocycles. The van der Waals surface area contributed by atoms with Crippen LogP contribution in [0.1, 0.15) is 10.4 Å². The van der Waals surface area contributed by atoms with Gasteiger partial charge in [-0.2, -0.15) is 8.78 Å². The number of hydrogen-bond donors (Lipinski definition) is 0. The lowest BCUT2D eigenvalue weighted by Crippen LogP contribution is -2.12. The first-order valence-corrected chi connectivity index (χ1v) is 8.24. The molecule has 22 heavy (non-hydrogen) atoms. The van der Waals surface area contributed by atoms with Crippen molar-refractivity contribution in [2.45, 2.75) is 10.7 Å². The molecule has 0 N–H and O–H groups in total. The van der Waals surface area contributed by atoms with Crippen LogP contribution >= 0.6 is 15.9 Å². The fourth-order valence-corrected chi connectivity index (χ4v) is 2.68. The summed E-state index contributed by atoms with van der Waals surface area (Å²) in [6.45, 7) is 0. The Morgan fingerprint density at radius 2 is 1.73 bits per heavy atom. The zero-order valence-corrected chi connectivity index (χ0v) is 13.3. The van der Waals surface area contributed by atoms with Crippen LogP contribution in [0.5, 0.6) is 5.75 Å². The molecule has 0 spiro atoms. The normalized spacial score (nSPS) is 11.5. The van der Waals surface area contributed by atoms with E-state index >= 15 is 0 Å². The summed E-state index contributed by atoms with van der Waals surface area (Å²) in [6, 6.07) is 10.7. The van der Waals surface area contributed by atoms with Crippen LogP contribution in [-0.2, 0) is 9.84 Å². The second-order valence-corrected chi connectivity index (χ2v) is 7.01. The van der Waals surface area contributed by atoms with Gasteiger partial charge in [-0.05, 0) is 42.5 Å². The highest BCUT2D eigenvalue weighted by Gasteiger charge is 2.26. The Morgan fingerprint density at radius 1 is 1.09 bits per heavy atom. The molecule has 0 unspecified atom stereocenters. The number of rotatable bonds is 4. The van der Waals surface area contributed by atoms with Crippen LogP contribution in [0.3, 0.4) is 0 Å². The third kappa shape index (κ3) is 3.69. The van der Waals surface area contributed by atoms with Gasteiger partial charge in [-0.1, -0.05) is 22.0 Å². The fourth-order valence-electron chi connectivity index (χ4n) is 1.58. The van der Waals surface area contributed by atoms with Crippen molar-refractivity contribution in [1.82, 2.24) is 0 Å². The Labute approximate surface area is 133 Å². The molecule has 0 aliphatic heterocycles. The van der Waals surface area contributed by atoms with E-state index in [0.29, 0.717) is 5.75 Å². The number of halogens is 3. The zero-order chi connectivity index (χ0) is 16.3. The summed E-state index contributed by atoms with van der Waals surface area (Å²) in [4.78, 5) is 11.3. The maximum Gasteiger partial charge on any atom is 0.343 e. The monoisotopic (exact) mass is 390 g/mol. The van der Waals surface area contributed by atoms with E-state index in [0.717, 1.165) is 28.7 Å². The Balaban J connectivity index is 2.19. The molecule has 0 aromatic heterocycles. The second-order valence-electron chi connectivity index (χ2n) is 4.18. The lowest BCUT2D eigenvalue weighted by molar-refractivity contribution is 0.0734. The highest BCUT2D eigenvalue weighted by Crippen LogP contribution is 2.21. The van der Waals surface area contributed by atoms with Crippen molar-refractivity contribution in [3.8, 4) is 5.75 Å². The van der Waals surface area contributed by atoms with Gasteiger partial charge in [-0.3, -0.25) is 0 Å². The smallest absolute Gasteiger partial charge is 0.343 e. The molecule has 0 radical (unpaired) electrons. The molecule has 0 saturated heterocycles. The predicted molar refractivity (Wildman–Crippen MR) is 78.7 cm³/mol. The third-order valence-corrected chi connectivity index (χ3v) is 4.55. The number of ether oxygens (including phenoxy) is 1. The molecule has 116 valence electrons. The summed E-state index contributed by atoms with van der Waals surface area (Å²) < 4.78 is 53.1. The minimum atomic E-state index is -4.68. The van der Waals surface area contributed by atoms with Crippen LogP contribution in [0.25, 0.3) is 0 Å². The summed E-state index contributed by atoms with van der Waals surface area (Å²) in [5.74, 6) is -3.94. The number of hydrogen-bond acceptors (Lipinski definition) is 4. The van der Waals surface area contributed by atoms with E-state index in [9.17, 15) is 22.0 Å². The number of benzene rings is 2. The maximum absolute atomic E-state index is 12.4. The van der Waals surface area contributed by atoms with Crippen molar-refractivity contribution in [2.75, 3.05) is 0 Å². The van der Waals surface area contributed by atoms with Gasteiger partial charge in [0, 0.05) is 4.47 Å². The van der Waals surface area contributed by atoms with Gasteiger partial charge in [-0.15, -0.1) is 0 Å². The van der Waals surface area contributed by atoms with E-state index in [2.05, 4.69) is 15.9 Å². The maximum atomic E-state index is 12.4. The van der Waals surface area contributed by atoms with E-state index in [1.165, 1.54) is 0 Å². The van der Waals surface area contributed by atoms with Crippen molar-refractivity contribution >= 4 is 31.7 Å². The average molecular weight is 391 g/mol. The largest absolute Gasteiger partial charge is 0.423 e. The van der Waals surface area contributed by atoms with E-state index in [-0.39, 0.29) is 5.56 Å². The molecule has 0 bridgehead atoms. The molecule has 2 aromatic rings. The van der Waals surface area contributed by atoms with Crippen molar-refractivity contribution < 1.29 is 26.7 Å². The summed E-state index contributed by atoms with van der Waals surface area (Å²) >= 11 is 3.22. The average Bonchev–Trinajstić information content (AvgIpc) is 2.47. The zero-order valence-electron chi connectivity index (χ0n) is 10.9. The molecule has 4 nitrogen and oxygen atoms in total. The number of esters is 1. The third-order valence-electron chi connectivity index (χ3n) is 2.66. The molecule has 0 amide bonds. The Morgan fingerprint density at radius 3 is 2.27 bits per heavy atom. The van der Waals surface area contributed by atoms with Crippen LogP contribution in [0.2, 0.25) is 0 Å². The molecule has 0 aliphatic carbocycles. The fraction of sp³-hybridized carbons (Fsp3) is 0.0714. The van der Waals surface area contributed by atoms with Gasteiger partial charge in [0.15, 0.2) is 0 Å². The van der Waals surface area contributed by atoms with Crippen LogP contribution < -0.4 is 4.74 Å². The van der Waals surface area contributed by atoms with Gasteiger partial charge < -0.3 is 4.74 Å². The van der Waals surface area contributed by atoms with E-state index < -0.39 is 26.5 Å². The quantitative estimate of drug-likeness (QED) is 0.590. The second kappa shape index (κ2) is 6.53. The van der Waals surface area contributed by atoms with E-state index in [1.807, 2.05) is 0 Å². The van der Waals surface area contributed by atoms with Crippen LogP contribution in [0.4, 0.5) is 8.78 Å². The van der Waals surface area contributed by atoms with Gasteiger partial charge in [0.2, 0.25) is 9.84 Å². The van der Waals surface area contributed by atoms with Crippen LogP contribution in [0, 0.1) is 0 Å². The van der Waals surface area contributed by atoms with Crippen molar-refractivity contribution in [1.29, 1.82) is 0 Å². The summed E-state index contributed by atoms with van der Waals surface area (Å²) in [5, 5.41) is 0. The lowest BCUT2D eigenvalue weighted by atomic mass is 10.2. The minimum absolute atomic E-state index is 0.0493. The number of alkyl halides is 2. The first-order chi connectivity index (χ1) is 10.3. The molecule has 8 heteroatoms. The Bertz CT molecular complexity index is 789. The SMILES string of the molecule is O=C(Oc1cccc(Br)c1)c1ccc(S(=O)(=O)C(F)F)cc1. The first kappa shape index (κ1) is 16.6. The summed E-state index contributed by atoms with van der Waals surface area (Å²) in [7, 11) is -4.68. The number of sulfone groups is 1. The minimum Gasteiger partial charge on any atom is -0.423 e. The topological polar surface area (TPSA) is 60.4 Å². The lowest BCUT2D eigenvalue weighted by Gasteiger charge is -2.06. The molecular weight excluding hydrogens is 382 g/mol. The molecule has 2 rings (SSSR count). The van der Waals surface area contributed by atoms with Crippen molar-refractivity contribution in [3.05, 3.63) is 58.6 Å². The molecular formula is C14H9BrF2O4S. The highest BCUT2D eigenvalue weighted by molar-refractivity contribution is 9.10. The van der Waals surface area contributed by atoms with Gasteiger partial charge >= 0.3 is 11.7 Å². The van der Waals surface area contributed by atoms with Crippen molar-refractivity contribution in [3.63, 3.8) is 0 Å². The van der Waals surface area contributed by atoms with E-state index in [1.54, 1.807) is 24.3 Å². The summed E-state index contributed by atoms with van der Waals surface area (Å²) in [5.41, 5.74) is 0.0493. The molecule has 0 atom stereocenters. The van der Waals surface area contributed by atoms with E-state index in [4.69, 9.17) is 4.74 Å². The van der Waals surface area contributed by atoms with Crippen molar-refractivity contribution in [2.24, 2.45) is 0 Å². The number of carbonyl (C=O) groups is 1. The Hall–Kier alpha value is -1.80. The van der Waals surface area contributed by atoms with Gasteiger partial charge in [0.05, 0.1) is 10.5 Å². The standard InChI is InChI=1S/C14H9BrF2O4S/c15-10-2-1-3-11(8-10)21-13(18)9-4-6-12(7-5-9)22(19,20)14(16)17/h1-8,14H. The molecule has 0 fully saturated rings. The van der Waals surface area contributed by atoms with Gasteiger partial charge in [-0.25, -0.2) is 13.2 Å². The van der Waals surface area contributed by atoms with Crippen LogP contribution in [0.15, 0.2) is 57.9 Å². The molecule has 0 aliphatic rings. The molecule has 0 saturated carbocycles. The van der Waals surface area contributed by atoms with Crippen LogP contribution in [-0.4, -0.2) is 20.1 Å². The first-order valence-electron chi connectivity index (χ1n) is 5.90. The predicted octanol–water partition coefficient (Wildman–Crippen LogP) is 3.66.